The molecule has 44 heavy (non-hydrogen) atoms. The highest BCUT2D eigenvalue weighted by molar-refractivity contribution is 5.79. The second-order valence-electron chi connectivity index (χ2n) is 11.2. The van der Waals surface area contributed by atoms with Crippen LogP contribution in [-0.4, -0.2) is 140 Å². The predicted octanol–water partition coefficient (Wildman–Crippen LogP) is -3.25. The summed E-state index contributed by atoms with van der Waals surface area (Å²) in [5.74, 6) is -5.62. The number of aliphatic carboxylic acids is 1. The van der Waals surface area contributed by atoms with E-state index in [-0.39, 0.29) is 6.42 Å². The van der Waals surface area contributed by atoms with E-state index in [1.165, 1.54) is 6.92 Å². The minimum absolute atomic E-state index is 0.131. The summed E-state index contributed by atoms with van der Waals surface area (Å²) in [6.07, 6.45) is -14.8. The Bertz CT molecular complexity index is 1110. The molecule has 11 atom stereocenters. The van der Waals surface area contributed by atoms with Gasteiger partial charge in [0.2, 0.25) is 11.8 Å². The number of nitrogens with one attached hydrogen (secondary N) is 2. The van der Waals surface area contributed by atoms with Crippen LogP contribution in [0.5, 0.6) is 0 Å². The summed E-state index contributed by atoms with van der Waals surface area (Å²) in [7, 11) is 0. The summed E-state index contributed by atoms with van der Waals surface area (Å²) in [6, 6.07) is 5.94. The zero-order valence-corrected chi connectivity index (χ0v) is 24.6. The molecular weight excluding hydrogens is 588 g/mol. The highest BCUT2D eigenvalue weighted by Crippen LogP contribution is 2.35. The van der Waals surface area contributed by atoms with Crippen molar-refractivity contribution in [1.82, 2.24) is 10.6 Å². The lowest BCUT2D eigenvalue weighted by Crippen LogP contribution is -2.69. The van der Waals surface area contributed by atoms with Gasteiger partial charge in [0.1, 0.15) is 42.7 Å². The highest BCUT2D eigenvalue weighted by Gasteiger charge is 2.57. The van der Waals surface area contributed by atoms with Crippen LogP contribution < -0.4 is 10.6 Å². The van der Waals surface area contributed by atoms with Crippen molar-refractivity contribution >= 4 is 17.8 Å². The molecule has 0 aliphatic carbocycles. The second kappa shape index (κ2) is 15.5. The zero-order valence-electron chi connectivity index (χ0n) is 24.6. The molecule has 2 aliphatic rings. The summed E-state index contributed by atoms with van der Waals surface area (Å²) in [5.41, 5.74) is 0.626. The van der Waals surface area contributed by atoms with Gasteiger partial charge in [-0.25, -0.2) is 4.79 Å². The van der Waals surface area contributed by atoms with Crippen LogP contribution in [0.2, 0.25) is 0 Å². The summed E-state index contributed by atoms with van der Waals surface area (Å²) in [5, 5.41) is 78.0. The standard InChI is InChI=1S/C28H42N2O14/c1-13(2)42-26-21(29-14(3)32)24(38)23(37)18(43-26)12-41-28(27(39)40)10-16(33)20(25(44-28)22(36)17(34)11-31)30-19(35)9-15-7-5-4-6-8-15/h4-8,13,16-18,20-26,31,33-34,36-38H,9-12H2,1-3H3,(H,29,32)(H,30,35)(H,39,40)/t16-,17-,18?,20-,21?,22-,23+,24-,25?,26-,28-/m1/s1. The molecule has 0 saturated carbocycles. The molecular formula is C28H42N2O14. The number of benzene rings is 1. The van der Waals surface area contributed by atoms with Crippen LogP contribution in [-0.2, 0) is 39.8 Å². The maximum atomic E-state index is 12.8. The number of rotatable bonds is 13. The number of hydrogen-bond acceptors (Lipinski definition) is 13. The summed E-state index contributed by atoms with van der Waals surface area (Å²) >= 11 is 0. The van der Waals surface area contributed by atoms with E-state index in [0.717, 1.165) is 0 Å². The number of aliphatic hydroxyl groups is 6. The Hall–Kier alpha value is -2.77. The second-order valence-corrected chi connectivity index (χ2v) is 11.2. The lowest BCUT2D eigenvalue weighted by atomic mass is 9.88. The predicted molar refractivity (Wildman–Crippen MR) is 147 cm³/mol. The molecule has 2 aliphatic heterocycles. The van der Waals surface area contributed by atoms with Gasteiger partial charge < -0.3 is 65.3 Å². The molecule has 2 amide bonds. The number of carbonyl (C=O) groups excluding carboxylic acids is 2. The van der Waals surface area contributed by atoms with Crippen molar-refractivity contribution in [2.45, 2.75) is 107 Å². The Morgan fingerprint density at radius 2 is 1.70 bits per heavy atom. The van der Waals surface area contributed by atoms with E-state index in [2.05, 4.69) is 10.6 Å². The molecule has 16 heteroatoms. The van der Waals surface area contributed by atoms with Crippen LogP contribution in [0, 0.1) is 0 Å². The van der Waals surface area contributed by atoms with E-state index in [1.54, 1.807) is 44.2 Å². The van der Waals surface area contributed by atoms with Gasteiger partial charge in [-0.1, -0.05) is 30.3 Å². The molecule has 2 saturated heterocycles. The lowest BCUT2D eigenvalue weighted by Gasteiger charge is -2.48. The third-order valence-corrected chi connectivity index (χ3v) is 7.31. The molecule has 16 nitrogen and oxygen atoms in total. The number of amides is 2. The fourth-order valence-corrected chi connectivity index (χ4v) is 5.12. The van der Waals surface area contributed by atoms with Crippen molar-refractivity contribution in [3.63, 3.8) is 0 Å². The first-order valence-corrected chi connectivity index (χ1v) is 14.2. The van der Waals surface area contributed by atoms with Crippen molar-refractivity contribution in [2.75, 3.05) is 13.2 Å². The van der Waals surface area contributed by atoms with Crippen molar-refractivity contribution in [1.29, 1.82) is 0 Å². The average Bonchev–Trinajstić information content (AvgIpc) is 2.96. The number of hydrogen-bond donors (Lipinski definition) is 9. The molecule has 0 aromatic heterocycles. The van der Waals surface area contributed by atoms with Crippen LogP contribution in [0.3, 0.4) is 0 Å². The Balaban J connectivity index is 1.83. The molecule has 0 radical (unpaired) electrons. The van der Waals surface area contributed by atoms with Crippen LogP contribution in [0.4, 0.5) is 0 Å². The van der Waals surface area contributed by atoms with Crippen molar-refractivity contribution in [3.8, 4) is 0 Å². The molecule has 0 spiro atoms. The minimum Gasteiger partial charge on any atom is -0.477 e. The largest absolute Gasteiger partial charge is 0.477 e. The fraction of sp³-hybridized carbons (Fsp3) is 0.679. The van der Waals surface area contributed by atoms with Crippen LogP contribution >= 0.6 is 0 Å². The first-order chi connectivity index (χ1) is 20.7. The van der Waals surface area contributed by atoms with Gasteiger partial charge in [-0.3, -0.25) is 9.59 Å². The summed E-state index contributed by atoms with van der Waals surface area (Å²) in [4.78, 5) is 37.0. The monoisotopic (exact) mass is 630 g/mol. The Labute approximate surface area is 253 Å². The third kappa shape index (κ3) is 8.69. The van der Waals surface area contributed by atoms with E-state index in [0.29, 0.717) is 5.56 Å². The van der Waals surface area contributed by atoms with Crippen molar-refractivity contribution in [2.24, 2.45) is 0 Å². The Kier molecular flexibility index (Phi) is 12.6. The van der Waals surface area contributed by atoms with Crippen LogP contribution in [0.15, 0.2) is 30.3 Å². The van der Waals surface area contributed by atoms with Gasteiger partial charge in [-0.15, -0.1) is 0 Å². The molecule has 3 rings (SSSR count). The normalized spacial score (nSPS) is 33.8. The minimum atomic E-state index is -2.71. The van der Waals surface area contributed by atoms with Gasteiger partial charge in [-0.05, 0) is 19.4 Å². The first kappa shape index (κ1) is 35.7. The Morgan fingerprint density at radius 1 is 1.05 bits per heavy atom. The smallest absolute Gasteiger partial charge is 0.364 e. The molecule has 0 bridgehead atoms. The van der Waals surface area contributed by atoms with Gasteiger partial charge in [0, 0.05) is 13.3 Å². The molecule has 1 aromatic rings. The zero-order chi connectivity index (χ0) is 32.8. The van der Waals surface area contributed by atoms with E-state index in [4.69, 9.17) is 18.9 Å². The van der Waals surface area contributed by atoms with E-state index >= 15 is 0 Å². The first-order valence-electron chi connectivity index (χ1n) is 14.2. The van der Waals surface area contributed by atoms with Gasteiger partial charge in [0.25, 0.3) is 5.79 Å². The van der Waals surface area contributed by atoms with Crippen LogP contribution in [0.1, 0.15) is 32.8 Å². The lowest BCUT2D eigenvalue weighted by molar-refractivity contribution is -0.332. The van der Waals surface area contributed by atoms with Crippen molar-refractivity contribution < 1.29 is 69.1 Å². The van der Waals surface area contributed by atoms with Crippen molar-refractivity contribution in [3.05, 3.63) is 35.9 Å². The average molecular weight is 631 g/mol. The van der Waals surface area contributed by atoms with E-state index in [9.17, 15) is 50.1 Å². The third-order valence-electron chi connectivity index (χ3n) is 7.31. The molecule has 2 heterocycles. The fourth-order valence-electron chi connectivity index (χ4n) is 5.12. The molecule has 3 unspecified atom stereocenters. The topological polar surface area (TPSA) is 254 Å². The summed E-state index contributed by atoms with van der Waals surface area (Å²) < 4.78 is 22.6. The number of carboxylic acid groups (broad SMARTS) is 1. The van der Waals surface area contributed by atoms with E-state index < -0.39 is 110 Å². The van der Waals surface area contributed by atoms with Gasteiger partial charge >= 0.3 is 5.97 Å². The molecule has 248 valence electrons. The van der Waals surface area contributed by atoms with Gasteiger partial charge in [0.05, 0.1) is 37.9 Å². The number of aliphatic hydroxyl groups excluding tert-OH is 6. The summed E-state index contributed by atoms with van der Waals surface area (Å²) in [6.45, 7) is 2.80. The maximum absolute atomic E-state index is 12.8. The quantitative estimate of drug-likeness (QED) is 0.104. The van der Waals surface area contributed by atoms with Crippen LogP contribution in [0.25, 0.3) is 0 Å². The molecule has 2 fully saturated rings. The SMILES string of the molecule is CC(=O)NC1[C@H](OC(C)C)OC(CO[C@]2(C(=O)O)C[C@@H](O)[C@@H](NC(=O)Cc3ccccc3)C([C@H](O)[C@H](O)CO)O2)[C@H](O)[C@@H]1O. The molecule has 1 aromatic carbocycles. The number of ether oxygens (including phenoxy) is 4. The molecule has 9 N–H and O–H groups in total. The van der Waals surface area contributed by atoms with Gasteiger partial charge in [-0.2, -0.15) is 0 Å². The van der Waals surface area contributed by atoms with Gasteiger partial charge in [0.15, 0.2) is 6.29 Å². The number of carbonyl (C=O) groups is 3. The Morgan fingerprint density at radius 3 is 2.27 bits per heavy atom. The number of carboxylic acids is 1. The maximum Gasteiger partial charge on any atom is 0.364 e. The van der Waals surface area contributed by atoms with E-state index in [1.807, 2.05) is 0 Å². The highest BCUT2D eigenvalue weighted by atomic mass is 16.7.